The van der Waals surface area contributed by atoms with E-state index in [1.54, 1.807) is 0 Å². The highest BCUT2D eigenvalue weighted by Crippen LogP contribution is 2.23. The highest BCUT2D eigenvalue weighted by molar-refractivity contribution is 5.25. The van der Waals surface area contributed by atoms with Crippen molar-refractivity contribution in [3.05, 3.63) is 35.9 Å². The highest BCUT2D eigenvalue weighted by Gasteiger charge is 2.33. The van der Waals surface area contributed by atoms with Gasteiger partial charge in [-0.3, -0.25) is 0 Å². The molecule has 0 saturated heterocycles. The zero-order valence-corrected chi connectivity index (χ0v) is 14.1. The average molecular weight is 292 g/mol. The molecule has 0 heterocycles. The van der Waals surface area contributed by atoms with E-state index in [1.165, 1.54) is 5.56 Å². The lowest BCUT2D eigenvalue weighted by molar-refractivity contribution is 0.0986. The molecule has 0 aromatic heterocycles. The number of nitrogens with one attached hydrogen (secondary N) is 1. The lowest BCUT2D eigenvalue weighted by Crippen LogP contribution is -2.56. The van der Waals surface area contributed by atoms with Gasteiger partial charge in [0.1, 0.15) is 0 Å². The van der Waals surface area contributed by atoms with Crippen molar-refractivity contribution in [2.24, 2.45) is 0 Å². The molecule has 120 valence electrons. The number of rotatable bonds is 10. The van der Waals surface area contributed by atoms with E-state index in [0.29, 0.717) is 6.04 Å². The minimum atomic E-state index is -0.389. The molecule has 1 rings (SSSR count). The topological polar surface area (TPSA) is 35.5 Å². The van der Waals surface area contributed by atoms with Gasteiger partial charge in [0.05, 0.1) is 12.1 Å². The van der Waals surface area contributed by atoms with Gasteiger partial charge in [-0.05, 0) is 45.3 Å². The molecule has 0 fully saturated rings. The van der Waals surface area contributed by atoms with Crippen molar-refractivity contribution in [3.63, 3.8) is 0 Å². The first kappa shape index (κ1) is 18.1. The van der Waals surface area contributed by atoms with Gasteiger partial charge in [0, 0.05) is 12.6 Å². The van der Waals surface area contributed by atoms with Gasteiger partial charge in [-0.15, -0.1) is 0 Å². The minimum absolute atomic E-state index is 0.110. The van der Waals surface area contributed by atoms with Crippen LogP contribution >= 0.6 is 0 Å². The summed E-state index contributed by atoms with van der Waals surface area (Å²) in [4.78, 5) is 2.46. The number of aliphatic hydroxyl groups excluding tert-OH is 1. The molecule has 1 atom stereocenters. The van der Waals surface area contributed by atoms with Crippen molar-refractivity contribution >= 4 is 0 Å². The SMILES string of the molecule is CCCN(CCC)CC(CO)(NC(C)C)c1ccccc1. The van der Waals surface area contributed by atoms with Crippen LogP contribution < -0.4 is 5.32 Å². The summed E-state index contributed by atoms with van der Waals surface area (Å²) in [6, 6.07) is 10.7. The molecule has 0 spiro atoms. The first-order valence-corrected chi connectivity index (χ1v) is 8.24. The van der Waals surface area contributed by atoms with Crippen molar-refractivity contribution in [1.82, 2.24) is 10.2 Å². The van der Waals surface area contributed by atoms with Crippen molar-refractivity contribution in [1.29, 1.82) is 0 Å². The predicted molar refractivity (Wildman–Crippen MR) is 90.5 cm³/mol. The third-order valence-electron chi connectivity index (χ3n) is 3.73. The van der Waals surface area contributed by atoms with Gasteiger partial charge in [-0.1, -0.05) is 44.2 Å². The Kier molecular flexibility index (Phi) is 7.94. The number of hydrogen-bond acceptors (Lipinski definition) is 3. The molecule has 3 nitrogen and oxygen atoms in total. The Bertz CT molecular complexity index is 374. The Morgan fingerprint density at radius 2 is 1.67 bits per heavy atom. The minimum Gasteiger partial charge on any atom is -0.394 e. The fourth-order valence-electron chi connectivity index (χ4n) is 3.00. The zero-order valence-electron chi connectivity index (χ0n) is 14.1. The van der Waals surface area contributed by atoms with Crippen LogP contribution in [-0.2, 0) is 5.54 Å². The monoisotopic (exact) mass is 292 g/mol. The summed E-state index contributed by atoms with van der Waals surface area (Å²) in [5.41, 5.74) is 0.776. The van der Waals surface area contributed by atoms with E-state index in [9.17, 15) is 5.11 Å². The fourth-order valence-corrected chi connectivity index (χ4v) is 3.00. The van der Waals surface area contributed by atoms with Crippen LogP contribution in [0.4, 0.5) is 0 Å². The van der Waals surface area contributed by atoms with Crippen LogP contribution in [0.3, 0.4) is 0 Å². The molecular formula is C18H32N2O. The van der Waals surface area contributed by atoms with Gasteiger partial charge in [-0.2, -0.15) is 0 Å². The van der Waals surface area contributed by atoms with E-state index in [1.807, 2.05) is 18.2 Å². The molecule has 0 aliphatic heterocycles. The van der Waals surface area contributed by atoms with Gasteiger partial charge >= 0.3 is 0 Å². The maximum atomic E-state index is 10.2. The summed E-state index contributed by atoms with van der Waals surface area (Å²) < 4.78 is 0. The van der Waals surface area contributed by atoms with Gasteiger partial charge in [0.15, 0.2) is 0 Å². The van der Waals surface area contributed by atoms with E-state index in [-0.39, 0.29) is 12.1 Å². The summed E-state index contributed by atoms with van der Waals surface area (Å²) in [6.07, 6.45) is 2.27. The number of nitrogens with zero attached hydrogens (tertiary/aromatic N) is 1. The van der Waals surface area contributed by atoms with Gasteiger partial charge in [0.25, 0.3) is 0 Å². The molecule has 0 saturated carbocycles. The summed E-state index contributed by atoms with van der Waals surface area (Å²) >= 11 is 0. The van der Waals surface area contributed by atoms with Crippen LogP contribution in [0.15, 0.2) is 30.3 Å². The molecule has 1 unspecified atom stereocenters. The maximum Gasteiger partial charge on any atom is 0.0799 e. The first-order chi connectivity index (χ1) is 10.1. The van der Waals surface area contributed by atoms with Gasteiger partial charge < -0.3 is 15.3 Å². The van der Waals surface area contributed by atoms with Crippen LogP contribution in [-0.4, -0.2) is 42.3 Å². The third kappa shape index (κ3) is 5.42. The largest absolute Gasteiger partial charge is 0.394 e. The molecular weight excluding hydrogens is 260 g/mol. The first-order valence-electron chi connectivity index (χ1n) is 8.24. The van der Waals surface area contributed by atoms with Crippen molar-refractivity contribution in [2.45, 2.75) is 52.1 Å². The summed E-state index contributed by atoms with van der Waals surface area (Å²) in [5, 5.41) is 13.8. The Morgan fingerprint density at radius 3 is 2.10 bits per heavy atom. The molecule has 0 amide bonds. The molecule has 0 aliphatic rings. The normalized spacial score (nSPS) is 14.6. The zero-order chi connectivity index (χ0) is 15.7. The van der Waals surface area contributed by atoms with Crippen LogP contribution in [0.2, 0.25) is 0 Å². The molecule has 21 heavy (non-hydrogen) atoms. The summed E-state index contributed by atoms with van der Waals surface area (Å²) in [7, 11) is 0. The highest BCUT2D eigenvalue weighted by atomic mass is 16.3. The predicted octanol–water partition coefficient (Wildman–Crippen LogP) is 2.99. The van der Waals surface area contributed by atoms with Crippen LogP contribution in [0.5, 0.6) is 0 Å². The molecule has 3 heteroatoms. The average Bonchev–Trinajstić information content (AvgIpc) is 2.47. The standard InChI is InChI=1S/C18H32N2O/c1-5-12-20(13-6-2)14-18(15-21,19-16(3)4)17-10-8-7-9-11-17/h7-11,16,19,21H,5-6,12-15H2,1-4H3. The second-order valence-corrected chi connectivity index (χ2v) is 6.18. The Balaban J connectivity index is 3.05. The molecule has 0 bridgehead atoms. The molecule has 1 aromatic carbocycles. The number of aliphatic hydroxyl groups is 1. The van der Waals surface area contributed by atoms with Crippen molar-refractivity contribution in [3.8, 4) is 0 Å². The Morgan fingerprint density at radius 1 is 1.10 bits per heavy atom. The van der Waals surface area contributed by atoms with Crippen molar-refractivity contribution in [2.75, 3.05) is 26.2 Å². The molecule has 0 radical (unpaired) electrons. The van der Waals surface area contributed by atoms with Crippen molar-refractivity contribution < 1.29 is 5.11 Å². The van der Waals surface area contributed by atoms with Crippen LogP contribution in [0, 0.1) is 0 Å². The third-order valence-corrected chi connectivity index (χ3v) is 3.73. The van der Waals surface area contributed by atoms with E-state index in [2.05, 4.69) is 50.0 Å². The smallest absolute Gasteiger partial charge is 0.0799 e. The van der Waals surface area contributed by atoms with Crippen LogP contribution in [0.25, 0.3) is 0 Å². The van der Waals surface area contributed by atoms with E-state index < -0.39 is 0 Å². The second-order valence-electron chi connectivity index (χ2n) is 6.18. The van der Waals surface area contributed by atoms with E-state index in [0.717, 1.165) is 32.5 Å². The molecule has 0 aliphatic carbocycles. The molecule has 2 N–H and O–H groups in total. The number of hydrogen-bond donors (Lipinski definition) is 2. The quantitative estimate of drug-likeness (QED) is 0.696. The van der Waals surface area contributed by atoms with E-state index >= 15 is 0 Å². The molecule has 1 aromatic rings. The van der Waals surface area contributed by atoms with Crippen LogP contribution in [0.1, 0.15) is 46.1 Å². The Labute approximate surface area is 130 Å². The number of benzene rings is 1. The van der Waals surface area contributed by atoms with E-state index in [4.69, 9.17) is 0 Å². The Hall–Kier alpha value is -0.900. The fraction of sp³-hybridized carbons (Fsp3) is 0.667. The van der Waals surface area contributed by atoms with Gasteiger partial charge in [0.2, 0.25) is 0 Å². The summed E-state index contributed by atoms with van der Waals surface area (Å²) in [5.74, 6) is 0. The summed E-state index contributed by atoms with van der Waals surface area (Å²) in [6.45, 7) is 11.8. The maximum absolute atomic E-state index is 10.2. The lowest BCUT2D eigenvalue weighted by Gasteiger charge is -2.40. The lowest BCUT2D eigenvalue weighted by atomic mass is 9.89. The second kappa shape index (κ2) is 9.19. The van der Waals surface area contributed by atoms with Gasteiger partial charge in [-0.25, -0.2) is 0 Å².